The Morgan fingerprint density at radius 3 is 2.47 bits per heavy atom. The van der Waals surface area contributed by atoms with Crippen molar-refractivity contribution in [3.8, 4) is 5.75 Å². The second-order valence-electron chi connectivity index (χ2n) is 12.4. The third-order valence-electron chi connectivity index (χ3n) is 9.20. The Labute approximate surface area is 277 Å². The first kappa shape index (κ1) is 33.9. The standard InChI is InChI=1S/C38H45N3O6/c1-28(11-10-15-35(43)39(23-24-42)26-29-12-6-5-7-13-29)38(46)33-25-32(47-2)20-21-34(33)41(37(38)45)27-30-16-18-31(19-17-30)40-22-9-4-3-8-14-36(40)44/h5-7,10-13,16-21,25,28,42,46H,3-4,8-9,14-15,22-24,26-27H2,1-2H3/b11-10+/t28-,38+/m0/s1. The van der Waals surface area contributed by atoms with Crippen LogP contribution >= 0.6 is 0 Å². The average molecular weight is 640 g/mol. The van der Waals surface area contributed by atoms with Crippen LogP contribution in [0.15, 0.2) is 84.9 Å². The molecule has 0 aliphatic carbocycles. The average Bonchev–Trinajstić information content (AvgIpc) is 3.29. The van der Waals surface area contributed by atoms with Gasteiger partial charge in [-0.05, 0) is 54.3 Å². The van der Waals surface area contributed by atoms with Gasteiger partial charge < -0.3 is 29.6 Å². The fraction of sp³-hybridized carbons (Fsp3) is 0.395. The summed E-state index contributed by atoms with van der Waals surface area (Å²) >= 11 is 0. The molecule has 1 fully saturated rings. The predicted octanol–water partition coefficient (Wildman–Crippen LogP) is 5.33. The van der Waals surface area contributed by atoms with Gasteiger partial charge >= 0.3 is 0 Å². The van der Waals surface area contributed by atoms with E-state index < -0.39 is 17.4 Å². The highest BCUT2D eigenvalue weighted by atomic mass is 16.5. The lowest BCUT2D eigenvalue weighted by atomic mass is 9.83. The van der Waals surface area contributed by atoms with E-state index in [1.807, 2.05) is 59.5 Å². The molecule has 0 aromatic heterocycles. The number of benzene rings is 3. The Kier molecular flexibility index (Phi) is 11.1. The third kappa shape index (κ3) is 7.58. The van der Waals surface area contributed by atoms with Crippen LogP contribution in [0.1, 0.15) is 62.1 Å². The van der Waals surface area contributed by atoms with Crippen molar-refractivity contribution in [2.75, 3.05) is 36.6 Å². The number of carbonyl (C=O) groups is 3. The molecule has 5 rings (SSSR count). The maximum atomic E-state index is 14.1. The van der Waals surface area contributed by atoms with Gasteiger partial charge in [-0.3, -0.25) is 14.4 Å². The normalized spacial score (nSPS) is 19.0. The Morgan fingerprint density at radius 2 is 1.74 bits per heavy atom. The summed E-state index contributed by atoms with van der Waals surface area (Å²) in [7, 11) is 1.54. The first-order valence-corrected chi connectivity index (χ1v) is 16.5. The minimum Gasteiger partial charge on any atom is -0.497 e. The van der Waals surface area contributed by atoms with Crippen molar-refractivity contribution in [1.29, 1.82) is 0 Å². The quantitative estimate of drug-likeness (QED) is 0.259. The van der Waals surface area contributed by atoms with Gasteiger partial charge in [-0.2, -0.15) is 0 Å². The second kappa shape index (κ2) is 15.4. The fourth-order valence-electron chi connectivity index (χ4n) is 6.46. The van der Waals surface area contributed by atoms with Gasteiger partial charge in [-0.1, -0.05) is 74.4 Å². The Hall–Kier alpha value is -4.47. The molecule has 9 heteroatoms. The predicted molar refractivity (Wildman–Crippen MR) is 182 cm³/mol. The molecule has 2 aliphatic heterocycles. The summed E-state index contributed by atoms with van der Waals surface area (Å²) in [6.07, 6.45) is 8.10. The minimum atomic E-state index is -1.88. The van der Waals surface area contributed by atoms with E-state index in [2.05, 4.69) is 0 Å². The van der Waals surface area contributed by atoms with Crippen LogP contribution in [0.4, 0.5) is 11.4 Å². The van der Waals surface area contributed by atoms with Gasteiger partial charge in [0.15, 0.2) is 5.60 Å². The lowest BCUT2D eigenvalue weighted by molar-refractivity contribution is -0.139. The summed E-state index contributed by atoms with van der Waals surface area (Å²) in [5, 5.41) is 21.7. The minimum absolute atomic E-state index is 0.0575. The van der Waals surface area contributed by atoms with Gasteiger partial charge in [0.2, 0.25) is 11.8 Å². The highest BCUT2D eigenvalue weighted by Crippen LogP contribution is 2.47. The molecule has 0 spiro atoms. The fourth-order valence-corrected chi connectivity index (χ4v) is 6.46. The number of carbonyl (C=O) groups excluding carboxylic acids is 3. The summed E-state index contributed by atoms with van der Waals surface area (Å²) < 4.78 is 5.45. The molecular formula is C38H45N3O6. The van der Waals surface area contributed by atoms with Crippen LogP contribution in [0.25, 0.3) is 0 Å². The van der Waals surface area contributed by atoms with Crippen LogP contribution in [0.2, 0.25) is 0 Å². The van der Waals surface area contributed by atoms with Gasteiger partial charge in [0.25, 0.3) is 5.91 Å². The van der Waals surface area contributed by atoms with Gasteiger partial charge in [-0.15, -0.1) is 0 Å². The Morgan fingerprint density at radius 1 is 1.00 bits per heavy atom. The van der Waals surface area contributed by atoms with Crippen LogP contribution < -0.4 is 14.5 Å². The molecule has 0 saturated carbocycles. The van der Waals surface area contributed by atoms with Crippen molar-refractivity contribution in [2.45, 2.75) is 64.1 Å². The van der Waals surface area contributed by atoms with Crippen molar-refractivity contribution >= 4 is 29.1 Å². The van der Waals surface area contributed by atoms with Crippen molar-refractivity contribution in [3.63, 3.8) is 0 Å². The van der Waals surface area contributed by atoms with Gasteiger partial charge in [0.1, 0.15) is 5.75 Å². The van der Waals surface area contributed by atoms with E-state index in [0.717, 1.165) is 42.5 Å². The number of aliphatic hydroxyl groups is 2. The second-order valence-corrected chi connectivity index (χ2v) is 12.4. The van der Waals surface area contributed by atoms with Crippen LogP contribution in [-0.4, -0.2) is 59.6 Å². The molecule has 2 heterocycles. The summed E-state index contributed by atoms with van der Waals surface area (Å²) in [6, 6.07) is 22.5. The van der Waals surface area contributed by atoms with Crippen LogP contribution in [-0.2, 0) is 33.1 Å². The highest BCUT2D eigenvalue weighted by Gasteiger charge is 2.52. The Balaban J connectivity index is 1.32. The van der Waals surface area contributed by atoms with E-state index in [9.17, 15) is 24.6 Å². The molecule has 3 amide bonds. The van der Waals surface area contributed by atoms with Crippen molar-refractivity contribution < 1.29 is 29.3 Å². The maximum Gasteiger partial charge on any atom is 0.264 e. The van der Waals surface area contributed by atoms with Gasteiger partial charge in [0.05, 0.1) is 25.9 Å². The number of amides is 3. The number of anilines is 2. The molecule has 47 heavy (non-hydrogen) atoms. The summed E-state index contributed by atoms with van der Waals surface area (Å²) in [6.45, 7) is 3.13. The van der Waals surface area contributed by atoms with Crippen molar-refractivity contribution in [3.05, 3.63) is 102 Å². The molecule has 0 bridgehead atoms. The molecule has 3 aromatic carbocycles. The molecule has 248 valence electrons. The van der Waals surface area contributed by atoms with Crippen molar-refractivity contribution in [1.82, 2.24) is 4.90 Å². The van der Waals surface area contributed by atoms with E-state index in [-0.39, 0.29) is 37.9 Å². The van der Waals surface area contributed by atoms with Crippen LogP contribution in [0, 0.1) is 5.92 Å². The zero-order chi connectivity index (χ0) is 33.4. The lowest BCUT2D eigenvalue weighted by Gasteiger charge is -2.28. The monoisotopic (exact) mass is 639 g/mol. The zero-order valence-electron chi connectivity index (χ0n) is 27.3. The number of ether oxygens (including phenoxy) is 1. The molecule has 2 N–H and O–H groups in total. The highest BCUT2D eigenvalue weighted by molar-refractivity contribution is 6.07. The number of hydrogen-bond acceptors (Lipinski definition) is 6. The first-order chi connectivity index (χ1) is 22.8. The van der Waals surface area contributed by atoms with Gasteiger partial charge in [-0.25, -0.2) is 0 Å². The molecule has 3 aromatic rings. The number of hydrogen-bond donors (Lipinski definition) is 2. The third-order valence-corrected chi connectivity index (χ3v) is 9.20. The molecule has 1 saturated heterocycles. The van der Waals surface area contributed by atoms with E-state index in [0.29, 0.717) is 36.5 Å². The number of fused-ring (bicyclic) bond motifs is 1. The van der Waals surface area contributed by atoms with Crippen molar-refractivity contribution in [2.24, 2.45) is 5.92 Å². The Bertz CT molecular complexity index is 1570. The smallest absolute Gasteiger partial charge is 0.264 e. The first-order valence-electron chi connectivity index (χ1n) is 16.5. The van der Waals surface area contributed by atoms with Crippen LogP contribution in [0.3, 0.4) is 0 Å². The molecule has 2 atom stereocenters. The molecule has 9 nitrogen and oxygen atoms in total. The summed E-state index contributed by atoms with van der Waals surface area (Å²) in [5.74, 6) is -0.634. The number of nitrogens with zero attached hydrogens (tertiary/aromatic N) is 3. The van der Waals surface area contributed by atoms with E-state index >= 15 is 0 Å². The van der Waals surface area contributed by atoms with Crippen LogP contribution in [0.5, 0.6) is 5.75 Å². The summed E-state index contributed by atoms with van der Waals surface area (Å²) in [5.41, 5.74) is 1.83. The molecule has 0 radical (unpaired) electrons. The molecular weight excluding hydrogens is 594 g/mol. The number of aliphatic hydroxyl groups excluding tert-OH is 1. The van der Waals surface area contributed by atoms with E-state index in [4.69, 9.17) is 4.74 Å². The lowest BCUT2D eigenvalue weighted by Crippen LogP contribution is -2.44. The topological polar surface area (TPSA) is 111 Å². The SMILES string of the molecule is COc1ccc2c(c1)[C@](O)([C@@H](C)/C=C/CC(=O)N(CCO)Cc1ccccc1)C(=O)N2Cc1ccc(N2CCCCCCC2=O)cc1. The largest absolute Gasteiger partial charge is 0.497 e. The molecule has 2 aliphatic rings. The van der Waals surface area contributed by atoms with E-state index in [1.54, 1.807) is 47.1 Å². The number of methoxy groups -OCH3 is 1. The van der Waals surface area contributed by atoms with E-state index in [1.165, 1.54) is 7.11 Å². The zero-order valence-corrected chi connectivity index (χ0v) is 27.3. The maximum absolute atomic E-state index is 14.1. The number of rotatable bonds is 12. The molecule has 0 unspecified atom stereocenters. The summed E-state index contributed by atoms with van der Waals surface area (Å²) in [4.78, 5) is 45.0. The van der Waals surface area contributed by atoms with Gasteiger partial charge in [0, 0.05) is 49.6 Å².